The lowest BCUT2D eigenvalue weighted by Gasteiger charge is -2.32. The van der Waals surface area contributed by atoms with E-state index in [0.29, 0.717) is 25.1 Å². The molecule has 1 N–H and O–H groups in total. The van der Waals surface area contributed by atoms with Crippen molar-refractivity contribution in [3.05, 3.63) is 65.2 Å². The van der Waals surface area contributed by atoms with Crippen LogP contribution < -0.4 is 9.62 Å². The van der Waals surface area contributed by atoms with Gasteiger partial charge in [-0.2, -0.15) is 0 Å². The van der Waals surface area contributed by atoms with Gasteiger partial charge in [-0.05, 0) is 68.4 Å². The topological polar surface area (TPSA) is 86.8 Å². The molecule has 37 heavy (non-hydrogen) atoms. The van der Waals surface area contributed by atoms with Gasteiger partial charge in [-0.1, -0.05) is 56.2 Å². The number of nitrogens with one attached hydrogen (secondary N) is 1. The van der Waals surface area contributed by atoms with Crippen molar-refractivity contribution in [2.45, 2.75) is 84.3 Å². The van der Waals surface area contributed by atoms with Crippen LogP contribution in [0.3, 0.4) is 0 Å². The summed E-state index contributed by atoms with van der Waals surface area (Å²) in [5, 5.41) is 3.17. The monoisotopic (exact) mass is 527 g/mol. The maximum Gasteiger partial charge on any atom is 0.243 e. The highest BCUT2D eigenvalue weighted by atomic mass is 32.2. The fraction of sp³-hybridized carbons (Fsp3) is 0.517. The summed E-state index contributed by atoms with van der Waals surface area (Å²) in [6.07, 6.45) is 6.39. The first kappa shape index (κ1) is 28.7. The molecular weight excluding hydrogens is 486 g/mol. The van der Waals surface area contributed by atoms with Gasteiger partial charge in [0.2, 0.25) is 21.8 Å². The molecule has 0 unspecified atom stereocenters. The van der Waals surface area contributed by atoms with Crippen LogP contribution in [0.25, 0.3) is 0 Å². The van der Waals surface area contributed by atoms with Gasteiger partial charge in [0.1, 0.15) is 6.04 Å². The van der Waals surface area contributed by atoms with Crippen LogP contribution in [0.2, 0.25) is 0 Å². The predicted molar refractivity (Wildman–Crippen MR) is 149 cm³/mol. The zero-order chi connectivity index (χ0) is 27.0. The molecule has 1 atom stereocenters. The molecule has 2 amide bonds. The zero-order valence-electron chi connectivity index (χ0n) is 22.6. The summed E-state index contributed by atoms with van der Waals surface area (Å²) >= 11 is 0. The Kier molecular flexibility index (Phi) is 10.1. The fourth-order valence-corrected chi connectivity index (χ4v) is 6.00. The number of hydrogen-bond donors (Lipinski definition) is 1. The molecule has 2 aromatic rings. The van der Waals surface area contributed by atoms with E-state index >= 15 is 0 Å². The second-order valence-corrected chi connectivity index (χ2v) is 12.0. The van der Waals surface area contributed by atoms with E-state index in [9.17, 15) is 18.0 Å². The minimum atomic E-state index is -3.51. The van der Waals surface area contributed by atoms with E-state index in [-0.39, 0.29) is 30.8 Å². The Balaban J connectivity index is 1.76. The second kappa shape index (κ2) is 13.1. The lowest BCUT2D eigenvalue weighted by molar-refractivity contribution is -0.141. The van der Waals surface area contributed by atoms with Gasteiger partial charge in [-0.15, -0.1) is 0 Å². The Bertz CT molecular complexity index is 1180. The summed E-state index contributed by atoms with van der Waals surface area (Å²) in [5.74, 6) is -0.247. The molecule has 3 rings (SSSR count). The molecule has 0 saturated heterocycles. The predicted octanol–water partition coefficient (Wildman–Crippen LogP) is 4.72. The third-order valence-corrected chi connectivity index (χ3v) is 8.33. The van der Waals surface area contributed by atoms with E-state index in [0.717, 1.165) is 42.4 Å². The summed E-state index contributed by atoms with van der Waals surface area (Å²) in [4.78, 5) is 28.6. The average Bonchev–Trinajstić information content (AvgIpc) is 3.35. The molecule has 0 heterocycles. The molecule has 8 heteroatoms. The molecular formula is C29H41N3O4S. The Morgan fingerprint density at radius 1 is 1.05 bits per heavy atom. The maximum absolute atomic E-state index is 13.6. The molecule has 0 spiro atoms. The molecule has 0 aromatic heterocycles. The maximum atomic E-state index is 13.6. The first-order chi connectivity index (χ1) is 17.6. The number of hydrogen-bond acceptors (Lipinski definition) is 4. The van der Waals surface area contributed by atoms with Gasteiger partial charge in [0.15, 0.2) is 0 Å². The highest BCUT2D eigenvalue weighted by molar-refractivity contribution is 7.92. The van der Waals surface area contributed by atoms with E-state index < -0.39 is 16.1 Å². The molecule has 0 radical (unpaired) electrons. The van der Waals surface area contributed by atoms with E-state index in [1.165, 1.54) is 10.6 Å². The number of aryl methyl sites for hydroxylation is 2. The minimum absolute atomic E-state index is 0.103. The lowest BCUT2D eigenvalue weighted by atomic mass is 10.0. The van der Waals surface area contributed by atoms with E-state index in [4.69, 9.17) is 0 Å². The van der Waals surface area contributed by atoms with Crippen LogP contribution in [0.5, 0.6) is 0 Å². The van der Waals surface area contributed by atoms with Gasteiger partial charge in [0.05, 0.1) is 11.9 Å². The first-order valence-corrected chi connectivity index (χ1v) is 15.1. The zero-order valence-corrected chi connectivity index (χ0v) is 23.4. The van der Waals surface area contributed by atoms with E-state index in [2.05, 4.69) is 5.32 Å². The molecule has 1 saturated carbocycles. The molecule has 1 fully saturated rings. The summed E-state index contributed by atoms with van der Waals surface area (Å²) in [7, 11) is -3.51. The number of carbonyl (C=O) groups is 2. The third-order valence-electron chi connectivity index (χ3n) is 7.13. The minimum Gasteiger partial charge on any atom is -0.352 e. The van der Waals surface area contributed by atoms with Crippen LogP contribution in [-0.4, -0.2) is 50.0 Å². The van der Waals surface area contributed by atoms with Gasteiger partial charge >= 0.3 is 0 Å². The summed E-state index contributed by atoms with van der Waals surface area (Å²) in [6.45, 7) is 6.38. The van der Waals surface area contributed by atoms with Gasteiger partial charge in [-0.25, -0.2) is 8.42 Å². The number of carbonyl (C=O) groups excluding carboxylic acids is 2. The van der Waals surface area contributed by atoms with Crippen molar-refractivity contribution in [3.8, 4) is 0 Å². The molecule has 202 valence electrons. The van der Waals surface area contributed by atoms with Crippen molar-refractivity contribution in [2.75, 3.05) is 17.1 Å². The van der Waals surface area contributed by atoms with Crippen molar-refractivity contribution >= 4 is 27.5 Å². The number of rotatable bonds is 12. The van der Waals surface area contributed by atoms with E-state index in [1.807, 2.05) is 63.2 Å². The van der Waals surface area contributed by atoms with Gasteiger partial charge < -0.3 is 10.2 Å². The third kappa shape index (κ3) is 8.06. The summed E-state index contributed by atoms with van der Waals surface area (Å²) < 4.78 is 26.4. The number of amides is 2. The van der Waals surface area contributed by atoms with E-state index in [1.54, 1.807) is 11.0 Å². The van der Waals surface area contributed by atoms with Crippen molar-refractivity contribution in [1.29, 1.82) is 0 Å². The lowest BCUT2D eigenvalue weighted by Crippen LogP contribution is -2.51. The molecule has 7 nitrogen and oxygen atoms in total. The van der Waals surface area contributed by atoms with Crippen LogP contribution in [0.1, 0.15) is 68.6 Å². The number of sulfonamides is 1. The van der Waals surface area contributed by atoms with Crippen LogP contribution in [0.4, 0.5) is 5.69 Å². The number of anilines is 1. The summed E-state index contributed by atoms with van der Waals surface area (Å²) in [5.41, 5.74) is 3.62. The fourth-order valence-electron chi connectivity index (χ4n) is 5.05. The highest BCUT2D eigenvalue weighted by Gasteiger charge is 2.31. The molecule has 1 aliphatic rings. The summed E-state index contributed by atoms with van der Waals surface area (Å²) in [6, 6.07) is 14.8. The van der Waals surface area contributed by atoms with Gasteiger partial charge in [0, 0.05) is 25.6 Å². The molecule has 0 aliphatic heterocycles. The van der Waals surface area contributed by atoms with Gasteiger partial charge in [-0.3, -0.25) is 13.9 Å². The molecule has 0 bridgehead atoms. The van der Waals surface area contributed by atoms with Crippen molar-refractivity contribution < 1.29 is 18.0 Å². The number of benzene rings is 2. The molecule has 2 aromatic carbocycles. The number of nitrogens with zero attached hydrogens (tertiary/aromatic N) is 2. The average molecular weight is 528 g/mol. The van der Waals surface area contributed by atoms with Crippen LogP contribution >= 0.6 is 0 Å². The Morgan fingerprint density at radius 2 is 1.76 bits per heavy atom. The van der Waals surface area contributed by atoms with Crippen molar-refractivity contribution in [1.82, 2.24) is 10.2 Å². The van der Waals surface area contributed by atoms with Crippen LogP contribution in [0.15, 0.2) is 48.5 Å². The molecule has 1 aliphatic carbocycles. The second-order valence-electron chi connectivity index (χ2n) is 10.1. The smallest absolute Gasteiger partial charge is 0.243 e. The van der Waals surface area contributed by atoms with Crippen molar-refractivity contribution in [3.63, 3.8) is 0 Å². The SMILES string of the molecule is CC[C@@H](C(=O)NC1CCCC1)N(Cc1ccccc1C)C(=O)CCCN(c1cccc(C)c1)S(C)(=O)=O. The Hall–Kier alpha value is -2.87. The van der Waals surface area contributed by atoms with Crippen molar-refractivity contribution in [2.24, 2.45) is 0 Å². The Labute approximate surface area is 222 Å². The van der Waals surface area contributed by atoms with Gasteiger partial charge in [0.25, 0.3) is 0 Å². The Morgan fingerprint density at radius 3 is 2.38 bits per heavy atom. The highest BCUT2D eigenvalue weighted by Crippen LogP contribution is 2.22. The first-order valence-electron chi connectivity index (χ1n) is 13.3. The largest absolute Gasteiger partial charge is 0.352 e. The normalized spacial score (nSPS) is 14.8. The standard InChI is InChI=1S/C29H41N3O4S/c1-5-27(29(34)30-25-15-8-9-16-25)31(21-24-14-7-6-13-23(24)3)28(33)18-11-19-32(37(4,35)36)26-17-10-12-22(2)20-26/h6-7,10,12-14,17,20,25,27H,5,8-9,11,15-16,18-19,21H2,1-4H3,(H,30,34)/t27-/m0/s1. The quantitative estimate of drug-likeness (QED) is 0.433. The van der Waals surface area contributed by atoms with Crippen LogP contribution in [-0.2, 0) is 26.2 Å². The van der Waals surface area contributed by atoms with Crippen LogP contribution in [0, 0.1) is 13.8 Å².